The third kappa shape index (κ3) is 5.55. The van der Waals surface area contributed by atoms with E-state index in [1.807, 2.05) is 4.90 Å². The minimum Gasteiger partial charge on any atom is -0.447 e. The molecule has 3 heterocycles. The second kappa shape index (κ2) is 9.71. The molecule has 1 aliphatic rings. The Labute approximate surface area is 198 Å². The minimum absolute atomic E-state index is 0.121. The highest BCUT2D eigenvalue weighted by Crippen LogP contribution is 2.42. The fourth-order valence-electron chi connectivity index (χ4n) is 3.85. The summed E-state index contributed by atoms with van der Waals surface area (Å²) in [5.41, 5.74) is -0.947. The molecule has 0 radical (unpaired) electrons. The van der Waals surface area contributed by atoms with Crippen LogP contribution in [-0.4, -0.2) is 52.4 Å². The van der Waals surface area contributed by atoms with E-state index in [0.29, 0.717) is 6.54 Å². The van der Waals surface area contributed by atoms with Gasteiger partial charge in [-0.2, -0.15) is 13.2 Å². The van der Waals surface area contributed by atoms with Crippen molar-refractivity contribution in [3.05, 3.63) is 40.9 Å². The maximum atomic E-state index is 13.1. The quantitative estimate of drug-likeness (QED) is 0.449. The molecule has 184 valence electrons. The van der Waals surface area contributed by atoms with Crippen LogP contribution in [0.1, 0.15) is 38.8 Å². The molecule has 0 spiro atoms. The molecular formula is C22H25F3N4O4S. The van der Waals surface area contributed by atoms with Gasteiger partial charge in [0.1, 0.15) is 11.9 Å². The van der Waals surface area contributed by atoms with Crippen LogP contribution in [-0.2, 0) is 27.0 Å². The van der Waals surface area contributed by atoms with E-state index in [2.05, 4.69) is 10.3 Å². The number of ketones is 1. The average Bonchev–Trinajstić information content (AvgIpc) is 3.30. The molecule has 1 atom stereocenters. The summed E-state index contributed by atoms with van der Waals surface area (Å²) in [6.07, 6.45) is -3.76. The van der Waals surface area contributed by atoms with Gasteiger partial charge in [0.2, 0.25) is 5.78 Å². The highest BCUT2D eigenvalue weighted by Gasteiger charge is 2.50. The van der Waals surface area contributed by atoms with Gasteiger partial charge in [0, 0.05) is 23.7 Å². The molecule has 1 saturated heterocycles. The van der Waals surface area contributed by atoms with Gasteiger partial charge in [-0.1, -0.05) is 0 Å². The van der Waals surface area contributed by atoms with Gasteiger partial charge >= 0.3 is 12.3 Å². The number of aldehydes is 1. The van der Waals surface area contributed by atoms with Gasteiger partial charge in [-0.15, -0.1) is 11.3 Å². The van der Waals surface area contributed by atoms with E-state index in [1.165, 1.54) is 11.1 Å². The zero-order chi connectivity index (χ0) is 25.3. The van der Waals surface area contributed by atoms with Crippen LogP contribution in [0.25, 0.3) is 0 Å². The van der Waals surface area contributed by atoms with Crippen molar-refractivity contribution in [3.8, 4) is 0 Å². The Morgan fingerprint density at radius 1 is 1.35 bits per heavy atom. The number of amides is 1. The van der Waals surface area contributed by atoms with E-state index in [9.17, 15) is 27.6 Å². The lowest BCUT2D eigenvalue weighted by Crippen LogP contribution is -2.51. The number of nitrogens with one attached hydrogen (secondary N) is 1. The van der Waals surface area contributed by atoms with Gasteiger partial charge in [-0.3, -0.25) is 19.8 Å². The fourth-order valence-corrected chi connectivity index (χ4v) is 4.80. The molecule has 2 aromatic rings. The summed E-state index contributed by atoms with van der Waals surface area (Å²) in [5.74, 6) is -0.450. The standard InChI is InChI=1S/C22H25F3N4O4S/c1-13(2)33-20(32)27-17-7-14(5-6-26-17)9-28-12-29(19(16(31)10-30)21(28,3)4)18-8-15(11-34-18)22(23,24)25/h5-8,10-11,13,19H,9,12H2,1-4H3,(H,26,27,32). The van der Waals surface area contributed by atoms with Crippen molar-refractivity contribution < 1.29 is 32.3 Å². The van der Waals surface area contributed by atoms with Crippen molar-refractivity contribution in [1.82, 2.24) is 9.88 Å². The predicted octanol–water partition coefficient (Wildman–Crippen LogP) is 4.31. The maximum Gasteiger partial charge on any atom is 0.417 e. The smallest absolute Gasteiger partial charge is 0.417 e. The first-order valence-corrected chi connectivity index (χ1v) is 11.3. The lowest BCUT2D eigenvalue weighted by molar-refractivity contribution is -0.137. The number of anilines is 2. The molecule has 34 heavy (non-hydrogen) atoms. The fraction of sp³-hybridized carbons (Fsp3) is 0.455. The van der Waals surface area contributed by atoms with Crippen molar-refractivity contribution in [2.45, 2.75) is 58.1 Å². The number of nitrogens with zero attached hydrogens (tertiary/aromatic N) is 3. The summed E-state index contributed by atoms with van der Waals surface area (Å²) < 4.78 is 44.4. The van der Waals surface area contributed by atoms with Crippen LogP contribution in [0.5, 0.6) is 0 Å². The topological polar surface area (TPSA) is 91.8 Å². The first-order chi connectivity index (χ1) is 15.8. The molecule has 3 rings (SSSR count). The summed E-state index contributed by atoms with van der Waals surface area (Å²) in [4.78, 5) is 43.3. The summed E-state index contributed by atoms with van der Waals surface area (Å²) in [5, 5.41) is 3.78. The van der Waals surface area contributed by atoms with Gasteiger partial charge in [-0.25, -0.2) is 9.78 Å². The molecule has 1 amide bonds. The molecule has 2 aromatic heterocycles. The monoisotopic (exact) mass is 498 g/mol. The first-order valence-electron chi connectivity index (χ1n) is 10.4. The molecular weight excluding hydrogens is 473 g/mol. The normalized spacial score (nSPS) is 18.2. The number of alkyl halides is 3. The van der Waals surface area contributed by atoms with Crippen LogP contribution in [0.15, 0.2) is 29.8 Å². The molecule has 1 fully saturated rings. The molecule has 0 bridgehead atoms. The number of aromatic nitrogens is 1. The molecule has 12 heteroatoms. The number of thiophene rings is 1. The van der Waals surface area contributed by atoms with Crippen molar-refractivity contribution >= 4 is 40.3 Å². The highest BCUT2D eigenvalue weighted by atomic mass is 32.1. The van der Waals surface area contributed by atoms with Crippen molar-refractivity contribution in [2.24, 2.45) is 0 Å². The second-order valence-electron chi connectivity index (χ2n) is 8.69. The first kappa shape index (κ1) is 25.6. The van der Waals surface area contributed by atoms with Crippen LogP contribution >= 0.6 is 11.3 Å². The molecule has 1 unspecified atom stereocenters. The number of carbonyl (C=O) groups excluding carboxylic acids is 3. The van der Waals surface area contributed by atoms with Crippen LogP contribution in [0.3, 0.4) is 0 Å². The van der Waals surface area contributed by atoms with E-state index in [1.54, 1.807) is 39.8 Å². The van der Waals surface area contributed by atoms with Crippen LogP contribution in [0.2, 0.25) is 0 Å². The Kier molecular flexibility index (Phi) is 7.32. The molecule has 0 aromatic carbocycles. The predicted molar refractivity (Wildman–Crippen MR) is 121 cm³/mol. The van der Waals surface area contributed by atoms with Crippen molar-refractivity contribution in [3.63, 3.8) is 0 Å². The molecule has 1 aliphatic heterocycles. The Morgan fingerprint density at radius 3 is 2.65 bits per heavy atom. The SMILES string of the molecule is CC(C)OC(=O)Nc1cc(CN2CN(c3cc(C(F)(F)F)cs3)C(C(=O)C=O)C2(C)C)ccn1. The Morgan fingerprint density at radius 2 is 2.06 bits per heavy atom. The average molecular weight is 499 g/mol. The highest BCUT2D eigenvalue weighted by molar-refractivity contribution is 7.14. The lowest BCUT2D eigenvalue weighted by atomic mass is 9.91. The van der Waals surface area contributed by atoms with Gasteiger partial charge in [0.15, 0.2) is 6.29 Å². The molecule has 0 aliphatic carbocycles. The van der Waals surface area contributed by atoms with Gasteiger partial charge in [0.25, 0.3) is 0 Å². The van der Waals surface area contributed by atoms with Crippen molar-refractivity contribution in [1.29, 1.82) is 0 Å². The number of Topliss-reactive ketones (excluding diaryl/α,β-unsaturated/α-hetero) is 1. The van der Waals surface area contributed by atoms with Gasteiger partial charge < -0.3 is 9.64 Å². The van der Waals surface area contributed by atoms with E-state index >= 15 is 0 Å². The molecule has 8 nitrogen and oxygen atoms in total. The Bertz CT molecular complexity index is 1070. The summed E-state index contributed by atoms with van der Waals surface area (Å²) in [7, 11) is 0. The maximum absolute atomic E-state index is 13.1. The Balaban J connectivity index is 1.86. The summed E-state index contributed by atoms with van der Waals surface area (Å²) in [6, 6.07) is 3.39. The van der Waals surface area contributed by atoms with Crippen molar-refractivity contribution in [2.75, 3.05) is 16.9 Å². The zero-order valence-corrected chi connectivity index (χ0v) is 19.9. The third-order valence-corrected chi connectivity index (χ3v) is 6.44. The van der Waals surface area contributed by atoms with E-state index in [0.717, 1.165) is 28.3 Å². The summed E-state index contributed by atoms with van der Waals surface area (Å²) in [6.45, 7) is 7.37. The number of ether oxygens (including phenoxy) is 1. The number of hydrogen-bond donors (Lipinski definition) is 1. The molecule has 0 saturated carbocycles. The Hall–Kier alpha value is -2.99. The minimum atomic E-state index is -4.51. The number of pyridine rings is 1. The third-order valence-electron chi connectivity index (χ3n) is 5.47. The van der Waals surface area contributed by atoms with Gasteiger partial charge in [-0.05, 0) is 51.5 Å². The zero-order valence-electron chi connectivity index (χ0n) is 19.0. The number of carbonyl (C=O) groups is 3. The number of rotatable bonds is 7. The van der Waals surface area contributed by atoms with Crippen LogP contribution < -0.4 is 10.2 Å². The summed E-state index contributed by atoms with van der Waals surface area (Å²) >= 11 is 0.868. The number of halogens is 3. The second-order valence-corrected chi connectivity index (χ2v) is 9.58. The lowest BCUT2D eigenvalue weighted by Gasteiger charge is -2.34. The van der Waals surface area contributed by atoms with E-state index in [-0.39, 0.29) is 29.9 Å². The number of hydrogen-bond acceptors (Lipinski definition) is 8. The van der Waals surface area contributed by atoms with E-state index < -0.39 is 35.2 Å². The van der Waals surface area contributed by atoms with Crippen LogP contribution in [0, 0.1) is 0 Å². The van der Waals surface area contributed by atoms with Gasteiger partial charge in [0.05, 0.1) is 23.3 Å². The largest absolute Gasteiger partial charge is 0.447 e. The molecule has 1 N–H and O–H groups in total. The van der Waals surface area contributed by atoms with E-state index in [4.69, 9.17) is 4.74 Å². The van der Waals surface area contributed by atoms with Crippen LogP contribution in [0.4, 0.5) is 28.8 Å².